The maximum absolute atomic E-state index is 11.7. The average Bonchev–Trinajstić information content (AvgIpc) is 2.59. The van der Waals surface area contributed by atoms with Gasteiger partial charge in [-0.2, -0.15) is 0 Å². The van der Waals surface area contributed by atoms with Crippen LogP contribution in [0.3, 0.4) is 0 Å². The zero-order chi connectivity index (χ0) is 18.0. The van der Waals surface area contributed by atoms with Crippen LogP contribution in [0.15, 0.2) is 34.2 Å². The Morgan fingerprint density at radius 2 is 1.88 bits per heavy atom. The van der Waals surface area contributed by atoms with Crippen molar-refractivity contribution in [1.29, 1.82) is 0 Å². The van der Waals surface area contributed by atoms with Crippen molar-refractivity contribution in [2.45, 2.75) is 57.0 Å². The van der Waals surface area contributed by atoms with E-state index in [2.05, 4.69) is 34.2 Å². The Bertz CT molecular complexity index is 612. The number of sulfonamides is 1. The van der Waals surface area contributed by atoms with Gasteiger partial charge in [-0.05, 0) is 38.1 Å². The van der Waals surface area contributed by atoms with Crippen molar-refractivity contribution >= 4 is 16.0 Å². The fourth-order valence-electron chi connectivity index (χ4n) is 2.29. The lowest BCUT2D eigenvalue weighted by Gasteiger charge is -2.18. The minimum absolute atomic E-state index is 0.265. The molecule has 0 heterocycles. The van der Waals surface area contributed by atoms with E-state index in [1.807, 2.05) is 0 Å². The average molecular weight is 355 g/mol. The first-order valence-corrected chi connectivity index (χ1v) is 9.91. The fraction of sp³-hybridized carbons (Fsp3) is 0.588. The molecule has 1 atom stereocenters. The predicted molar refractivity (Wildman–Crippen MR) is 99.6 cm³/mol. The van der Waals surface area contributed by atoms with E-state index in [9.17, 15) is 8.42 Å². The molecule has 0 aliphatic carbocycles. The molecule has 0 aromatic heterocycles. The van der Waals surface area contributed by atoms with Crippen LogP contribution in [0.25, 0.3) is 0 Å². The molecule has 24 heavy (non-hydrogen) atoms. The molecule has 1 rings (SSSR count). The molecule has 0 fully saturated rings. The first kappa shape index (κ1) is 20.4. The smallest absolute Gasteiger partial charge is 0.240 e. The fourth-order valence-corrected chi connectivity index (χ4v) is 3.02. The quantitative estimate of drug-likeness (QED) is 0.361. The lowest BCUT2D eigenvalue weighted by molar-refractivity contribution is 0.546. The minimum Gasteiger partial charge on any atom is -0.354 e. The second kappa shape index (κ2) is 10.3. The molecule has 0 saturated heterocycles. The molecule has 0 bridgehead atoms. The predicted octanol–water partition coefficient (Wildman–Crippen LogP) is 2.23. The molecular weight excluding hydrogens is 324 g/mol. The molecule has 6 nitrogen and oxygen atoms in total. The van der Waals surface area contributed by atoms with Crippen molar-refractivity contribution in [3.63, 3.8) is 0 Å². The van der Waals surface area contributed by atoms with Crippen LogP contribution in [0.5, 0.6) is 0 Å². The molecule has 0 aliphatic rings. The van der Waals surface area contributed by atoms with Crippen LogP contribution in [-0.2, 0) is 16.6 Å². The van der Waals surface area contributed by atoms with Gasteiger partial charge in [-0.3, -0.25) is 4.99 Å². The van der Waals surface area contributed by atoms with Crippen LogP contribution in [0.2, 0.25) is 0 Å². The van der Waals surface area contributed by atoms with E-state index in [0.717, 1.165) is 17.9 Å². The molecule has 0 saturated carbocycles. The van der Waals surface area contributed by atoms with E-state index in [-0.39, 0.29) is 4.90 Å². The Morgan fingerprint density at radius 3 is 2.42 bits per heavy atom. The highest BCUT2D eigenvalue weighted by molar-refractivity contribution is 7.89. The molecule has 1 unspecified atom stereocenters. The van der Waals surface area contributed by atoms with E-state index in [1.165, 1.54) is 26.3 Å². The van der Waals surface area contributed by atoms with Crippen LogP contribution in [-0.4, -0.2) is 34.5 Å². The Morgan fingerprint density at radius 1 is 1.21 bits per heavy atom. The zero-order valence-electron chi connectivity index (χ0n) is 15.1. The molecule has 1 aromatic rings. The number of nitrogens with zero attached hydrogens (tertiary/aromatic N) is 1. The van der Waals surface area contributed by atoms with E-state index >= 15 is 0 Å². The highest BCUT2D eigenvalue weighted by atomic mass is 32.2. The lowest BCUT2D eigenvalue weighted by Crippen LogP contribution is -2.41. The van der Waals surface area contributed by atoms with Crippen LogP contribution in [0, 0.1) is 0 Å². The SMILES string of the molecule is CCCCCC(C)NC(=NC)NCc1ccc(S(=O)(=O)NC)cc1. The van der Waals surface area contributed by atoms with Gasteiger partial charge in [0.25, 0.3) is 0 Å². The second-order valence-corrected chi connectivity index (χ2v) is 7.70. The summed E-state index contributed by atoms with van der Waals surface area (Å²) in [4.78, 5) is 4.49. The third-order valence-electron chi connectivity index (χ3n) is 3.81. The molecule has 0 amide bonds. The molecular formula is C17H30N4O2S. The number of unbranched alkanes of at least 4 members (excludes halogenated alkanes) is 2. The van der Waals surface area contributed by atoms with Gasteiger partial charge in [-0.25, -0.2) is 13.1 Å². The number of hydrogen-bond donors (Lipinski definition) is 3. The number of benzene rings is 1. The largest absolute Gasteiger partial charge is 0.354 e. The third-order valence-corrected chi connectivity index (χ3v) is 5.24. The third kappa shape index (κ3) is 6.88. The van der Waals surface area contributed by atoms with Crippen molar-refractivity contribution in [2.24, 2.45) is 4.99 Å². The first-order chi connectivity index (χ1) is 11.4. The summed E-state index contributed by atoms with van der Waals surface area (Å²) < 4.78 is 25.7. The normalized spacial score (nSPS) is 13.6. The van der Waals surface area contributed by atoms with E-state index in [1.54, 1.807) is 31.3 Å². The van der Waals surface area contributed by atoms with Gasteiger partial charge >= 0.3 is 0 Å². The van der Waals surface area contributed by atoms with Crippen molar-refractivity contribution < 1.29 is 8.42 Å². The Hall–Kier alpha value is -1.60. The van der Waals surface area contributed by atoms with Gasteiger partial charge in [0, 0.05) is 19.6 Å². The van der Waals surface area contributed by atoms with Gasteiger partial charge in [0.05, 0.1) is 4.90 Å². The molecule has 7 heteroatoms. The second-order valence-electron chi connectivity index (χ2n) is 5.82. The van der Waals surface area contributed by atoms with Gasteiger partial charge in [-0.15, -0.1) is 0 Å². The number of guanidine groups is 1. The van der Waals surface area contributed by atoms with Crippen molar-refractivity contribution in [1.82, 2.24) is 15.4 Å². The summed E-state index contributed by atoms with van der Waals surface area (Å²) in [5.74, 6) is 0.755. The summed E-state index contributed by atoms with van der Waals surface area (Å²) in [5.41, 5.74) is 0.992. The van der Waals surface area contributed by atoms with Crippen molar-refractivity contribution in [3.8, 4) is 0 Å². The summed E-state index contributed by atoms with van der Waals surface area (Å²) in [7, 11) is -0.233. The Kier molecular flexibility index (Phi) is 8.78. The monoisotopic (exact) mass is 354 g/mol. The Balaban J connectivity index is 2.51. The van der Waals surface area contributed by atoms with Gasteiger partial charge in [-0.1, -0.05) is 38.3 Å². The zero-order valence-corrected chi connectivity index (χ0v) is 15.9. The highest BCUT2D eigenvalue weighted by Gasteiger charge is 2.10. The van der Waals surface area contributed by atoms with Crippen LogP contribution < -0.4 is 15.4 Å². The van der Waals surface area contributed by atoms with Gasteiger partial charge in [0.2, 0.25) is 10.0 Å². The summed E-state index contributed by atoms with van der Waals surface area (Å²) in [5, 5.41) is 6.63. The number of rotatable bonds is 9. The number of hydrogen-bond acceptors (Lipinski definition) is 3. The summed E-state index contributed by atoms with van der Waals surface area (Å²) in [6, 6.07) is 7.18. The molecule has 0 spiro atoms. The Labute approximate surface area is 146 Å². The van der Waals surface area contributed by atoms with Crippen molar-refractivity contribution in [3.05, 3.63) is 29.8 Å². The topological polar surface area (TPSA) is 82.6 Å². The number of nitrogens with one attached hydrogen (secondary N) is 3. The van der Waals surface area contributed by atoms with Gasteiger partial charge in [0.1, 0.15) is 0 Å². The van der Waals surface area contributed by atoms with Crippen LogP contribution in [0.1, 0.15) is 45.1 Å². The first-order valence-electron chi connectivity index (χ1n) is 8.42. The van der Waals surface area contributed by atoms with Gasteiger partial charge < -0.3 is 10.6 Å². The minimum atomic E-state index is -3.38. The summed E-state index contributed by atoms with van der Waals surface area (Å²) in [6.45, 7) is 4.94. The maximum atomic E-state index is 11.7. The van der Waals surface area contributed by atoms with Crippen LogP contribution in [0.4, 0.5) is 0 Å². The van der Waals surface area contributed by atoms with Crippen LogP contribution >= 0.6 is 0 Å². The number of aliphatic imine (C=N–C) groups is 1. The molecule has 0 radical (unpaired) electrons. The maximum Gasteiger partial charge on any atom is 0.240 e. The van der Waals surface area contributed by atoms with Gasteiger partial charge in [0.15, 0.2) is 5.96 Å². The van der Waals surface area contributed by atoms with E-state index in [4.69, 9.17) is 0 Å². The van der Waals surface area contributed by atoms with E-state index in [0.29, 0.717) is 12.6 Å². The molecule has 1 aromatic carbocycles. The summed E-state index contributed by atoms with van der Waals surface area (Å²) >= 11 is 0. The molecule has 0 aliphatic heterocycles. The highest BCUT2D eigenvalue weighted by Crippen LogP contribution is 2.10. The van der Waals surface area contributed by atoms with Crippen molar-refractivity contribution in [2.75, 3.05) is 14.1 Å². The molecule has 136 valence electrons. The van der Waals surface area contributed by atoms with E-state index < -0.39 is 10.0 Å². The summed E-state index contributed by atoms with van der Waals surface area (Å²) in [6.07, 6.45) is 4.80. The molecule has 3 N–H and O–H groups in total. The lowest BCUT2D eigenvalue weighted by atomic mass is 10.1. The standard InChI is InChI=1S/C17H30N4O2S/c1-5-6-7-8-14(2)21-17(18-3)20-13-15-9-11-16(12-10-15)24(22,23)19-4/h9-12,14,19H,5-8,13H2,1-4H3,(H2,18,20,21).